The predicted molar refractivity (Wildman–Crippen MR) is 95.8 cm³/mol. The number of carbonyl (C=O) groups is 1. The first-order valence-corrected chi connectivity index (χ1v) is 9.71. The molecule has 2 aromatic rings. The molecule has 126 valence electrons. The van der Waals surface area contributed by atoms with Gasteiger partial charge in [-0.15, -0.1) is 16.9 Å². The first kappa shape index (κ1) is 15.7. The van der Waals surface area contributed by atoms with E-state index in [1.165, 1.54) is 25.7 Å². The third-order valence-electron chi connectivity index (χ3n) is 4.91. The molecule has 2 heterocycles. The fourth-order valence-corrected chi connectivity index (χ4v) is 4.59. The Morgan fingerprint density at radius 3 is 2.67 bits per heavy atom. The van der Waals surface area contributed by atoms with Gasteiger partial charge < -0.3 is 4.90 Å². The highest BCUT2D eigenvalue weighted by molar-refractivity contribution is 8.00. The zero-order valence-electron chi connectivity index (χ0n) is 13.7. The van der Waals surface area contributed by atoms with Gasteiger partial charge in [0.05, 0.1) is 18.0 Å². The third kappa shape index (κ3) is 3.34. The van der Waals surface area contributed by atoms with Crippen molar-refractivity contribution in [2.75, 3.05) is 18.8 Å². The van der Waals surface area contributed by atoms with E-state index in [1.54, 1.807) is 0 Å². The summed E-state index contributed by atoms with van der Waals surface area (Å²) < 4.78 is 1.90. The first-order valence-electron chi connectivity index (χ1n) is 8.66. The van der Waals surface area contributed by atoms with Gasteiger partial charge in [0.1, 0.15) is 5.69 Å². The maximum absolute atomic E-state index is 12.2. The average Bonchev–Trinajstić information content (AvgIpc) is 3.24. The molecule has 1 aromatic heterocycles. The molecule has 1 saturated carbocycles. The quantitative estimate of drug-likeness (QED) is 0.838. The minimum atomic E-state index is 0.260. The van der Waals surface area contributed by atoms with E-state index in [2.05, 4.69) is 10.3 Å². The first-order chi connectivity index (χ1) is 11.8. The van der Waals surface area contributed by atoms with Crippen molar-refractivity contribution in [3.8, 4) is 11.3 Å². The van der Waals surface area contributed by atoms with Gasteiger partial charge in [0.25, 0.3) is 0 Å². The fraction of sp³-hybridized carbons (Fsp3) is 0.500. The second-order valence-corrected chi connectivity index (χ2v) is 7.91. The molecule has 24 heavy (non-hydrogen) atoms. The molecule has 1 saturated heterocycles. The normalized spacial score (nSPS) is 18.8. The lowest BCUT2D eigenvalue weighted by molar-refractivity contribution is -0.134. The summed E-state index contributed by atoms with van der Waals surface area (Å²) >= 11 is 1.84. The number of thioether (sulfide) groups is 1. The molecule has 0 unspecified atom stereocenters. The number of likely N-dealkylation sites (tertiary alicyclic amines) is 1. The summed E-state index contributed by atoms with van der Waals surface area (Å²) in [5.74, 6) is 0.899. The van der Waals surface area contributed by atoms with Crippen molar-refractivity contribution in [2.24, 2.45) is 0 Å². The summed E-state index contributed by atoms with van der Waals surface area (Å²) in [7, 11) is 0. The molecule has 2 fully saturated rings. The Hall–Kier alpha value is -1.82. The number of hydrogen-bond acceptors (Lipinski definition) is 4. The Kier molecular flexibility index (Phi) is 4.56. The fourth-order valence-electron chi connectivity index (χ4n) is 3.36. The van der Waals surface area contributed by atoms with Crippen molar-refractivity contribution in [3.05, 3.63) is 36.5 Å². The highest BCUT2D eigenvalue weighted by atomic mass is 32.2. The number of rotatable bonds is 5. The Balaban J connectivity index is 1.28. The summed E-state index contributed by atoms with van der Waals surface area (Å²) in [6.45, 7) is 1.50. The van der Waals surface area contributed by atoms with Crippen LogP contribution < -0.4 is 0 Å². The van der Waals surface area contributed by atoms with Crippen LogP contribution in [0.1, 0.15) is 31.7 Å². The molecule has 0 bridgehead atoms. The minimum Gasteiger partial charge on any atom is -0.338 e. The smallest absolute Gasteiger partial charge is 0.232 e. The molecule has 1 aliphatic carbocycles. The topological polar surface area (TPSA) is 51.0 Å². The second-order valence-electron chi connectivity index (χ2n) is 6.62. The largest absolute Gasteiger partial charge is 0.338 e. The second kappa shape index (κ2) is 6.97. The maximum atomic E-state index is 12.2. The van der Waals surface area contributed by atoms with E-state index in [4.69, 9.17) is 0 Å². The SMILES string of the molecule is O=C(CSC1CCCC1)N1CC(n2cc(-c3ccccc3)nn2)C1. The highest BCUT2D eigenvalue weighted by Crippen LogP contribution is 2.30. The van der Waals surface area contributed by atoms with E-state index in [-0.39, 0.29) is 11.9 Å². The van der Waals surface area contributed by atoms with Gasteiger partial charge in [-0.2, -0.15) is 0 Å². The van der Waals surface area contributed by atoms with Crippen molar-refractivity contribution >= 4 is 17.7 Å². The van der Waals surface area contributed by atoms with Crippen LogP contribution in [0.3, 0.4) is 0 Å². The van der Waals surface area contributed by atoms with E-state index in [1.807, 2.05) is 57.9 Å². The lowest BCUT2D eigenvalue weighted by Gasteiger charge is -2.39. The molecular formula is C18H22N4OS. The Bertz CT molecular complexity index is 690. The molecule has 1 aromatic carbocycles. The molecule has 1 aliphatic heterocycles. The Labute approximate surface area is 146 Å². The van der Waals surface area contributed by atoms with Crippen molar-refractivity contribution in [1.82, 2.24) is 19.9 Å². The molecule has 2 aliphatic rings. The molecule has 0 N–H and O–H groups in total. The third-order valence-corrected chi connectivity index (χ3v) is 6.27. The van der Waals surface area contributed by atoms with Gasteiger partial charge in [0, 0.05) is 23.9 Å². The predicted octanol–water partition coefficient (Wildman–Crippen LogP) is 3.00. The number of benzene rings is 1. The van der Waals surface area contributed by atoms with Crippen LogP contribution in [0.25, 0.3) is 11.3 Å². The Morgan fingerprint density at radius 1 is 1.17 bits per heavy atom. The van der Waals surface area contributed by atoms with Gasteiger partial charge in [-0.3, -0.25) is 4.79 Å². The number of carbonyl (C=O) groups excluding carboxylic acids is 1. The van der Waals surface area contributed by atoms with Gasteiger partial charge in [0.15, 0.2) is 0 Å². The van der Waals surface area contributed by atoms with Crippen LogP contribution in [0, 0.1) is 0 Å². The summed E-state index contributed by atoms with van der Waals surface area (Å²) in [5.41, 5.74) is 1.96. The van der Waals surface area contributed by atoms with Crippen LogP contribution in [-0.2, 0) is 4.79 Å². The molecular weight excluding hydrogens is 320 g/mol. The van der Waals surface area contributed by atoms with Crippen LogP contribution in [0.5, 0.6) is 0 Å². The van der Waals surface area contributed by atoms with E-state index >= 15 is 0 Å². The molecule has 0 atom stereocenters. The van der Waals surface area contributed by atoms with Crippen LogP contribution in [-0.4, -0.2) is 49.9 Å². The van der Waals surface area contributed by atoms with Crippen molar-refractivity contribution in [1.29, 1.82) is 0 Å². The van der Waals surface area contributed by atoms with Gasteiger partial charge in [-0.05, 0) is 12.8 Å². The summed E-state index contributed by atoms with van der Waals surface area (Å²) in [6.07, 6.45) is 7.19. The molecule has 6 heteroatoms. The van der Waals surface area contributed by atoms with E-state index < -0.39 is 0 Å². The zero-order chi connectivity index (χ0) is 16.4. The van der Waals surface area contributed by atoms with Gasteiger partial charge in [0.2, 0.25) is 5.91 Å². The lowest BCUT2D eigenvalue weighted by atomic mass is 10.1. The van der Waals surface area contributed by atoms with Crippen LogP contribution in [0.4, 0.5) is 0 Å². The maximum Gasteiger partial charge on any atom is 0.232 e. The average molecular weight is 342 g/mol. The van der Waals surface area contributed by atoms with Crippen molar-refractivity contribution in [2.45, 2.75) is 37.0 Å². The number of nitrogens with zero attached hydrogens (tertiary/aromatic N) is 4. The zero-order valence-corrected chi connectivity index (χ0v) is 14.5. The lowest BCUT2D eigenvalue weighted by Crippen LogP contribution is -2.51. The number of amides is 1. The molecule has 0 radical (unpaired) electrons. The van der Waals surface area contributed by atoms with Gasteiger partial charge in [-0.25, -0.2) is 4.68 Å². The summed E-state index contributed by atoms with van der Waals surface area (Å²) in [4.78, 5) is 14.2. The molecule has 4 rings (SSSR count). The van der Waals surface area contributed by atoms with Crippen LogP contribution in [0.15, 0.2) is 36.5 Å². The Morgan fingerprint density at radius 2 is 1.92 bits per heavy atom. The molecule has 5 nitrogen and oxygen atoms in total. The van der Waals surface area contributed by atoms with Crippen LogP contribution >= 0.6 is 11.8 Å². The van der Waals surface area contributed by atoms with Gasteiger partial charge in [-0.1, -0.05) is 48.4 Å². The van der Waals surface area contributed by atoms with Crippen LogP contribution in [0.2, 0.25) is 0 Å². The van der Waals surface area contributed by atoms with E-state index in [9.17, 15) is 4.79 Å². The number of aromatic nitrogens is 3. The van der Waals surface area contributed by atoms with Crippen molar-refractivity contribution < 1.29 is 4.79 Å². The standard InChI is InChI=1S/C18H22N4OS/c23-18(13-24-16-8-4-5-9-16)21-10-15(11-21)22-12-17(19-20-22)14-6-2-1-3-7-14/h1-3,6-7,12,15-16H,4-5,8-11,13H2. The van der Waals surface area contributed by atoms with E-state index in [0.29, 0.717) is 11.0 Å². The monoisotopic (exact) mass is 342 g/mol. The van der Waals surface area contributed by atoms with Gasteiger partial charge >= 0.3 is 0 Å². The summed E-state index contributed by atoms with van der Waals surface area (Å²) in [6, 6.07) is 10.3. The highest BCUT2D eigenvalue weighted by Gasteiger charge is 2.33. The molecule has 0 spiro atoms. The number of hydrogen-bond donors (Lipinski definition) is 0. The van der Waals surface area contributed by atoms with E-state index in [0.717, 1.165) is 24.3 Å². The van der Waals surface area contributed by atoms with Crippen molar-refractivity contribution in [3.63, 3.8) is 0 Å². The summed E-state index contributed by atoms with van der Waals surface area (Å²) in [5, 5.41) is 9.20. The molecule has 1 amide bonds. The minimum absolute atomic E-state index is 0.260.